The van der Waals surface area contributed by atoms with Gasteiger partial charge in [0.1, 0.15) is 0 Å². The Hall–Kier alpha value is -1.79. The average Bonchev–Trinajstić information content (AvgIpc) is 2.95. The molecule has 5 nitrogen and oxygen atoms in total. The number of aromatic nitrogens is 3. The van der Waals surface area contributed by atoms with Gasteiger partial charge in [-0.2, -0.15) is 4.98 Å². The molecule has 2 aliphatic rings. The van der Waals surface area contributed by atoms with Crippen LogP contribution in [-0.4, -0.2) is 20.5 Å². The van der Waals surface area contributed by atoms with Gasteiger partial charge in [-0.05, 0) is 36.1 Å². The number of carbonyl (C=O) groups excluding carboxylic acids is 1. The molecule has 0 fully saturated rings. The second-order valence-electron chi connectivity index (χ2n) is 5.67. The van der Waals surface area contributed by atoms with Gasteiger partial charge >= 0.3 is 0 Å². The van der Waals surface area contributed by atoms with E-state index in [2.05, 4.69) is 15.4 Å². The van der Waals surface area contributed by atoms with E-state index in [4.69, 9.17) is 11.6 Å². The summed E-state index contributed by atoms with van der Waals surface area (Å²) in [7, 11) is 0. The van der Waals surface area contributed by atoms with Gasteiger partial charge in [-0.1, -0.05) is 35.5 Å². The number of nitrogens with zero attached hydrogens (tertiary/aromatic N) is 3. The molecular weight excluding hydrogens is 332 g/mol. The summed E-state index contributed by atoms with van der Waals surface area (Å²) >= 11 is 7.47. The van der Waals surface area contributed by atoms with Crippen LogP contribution in [0.4, 0.5) is 5.95 Å². The number of Topliss-reactive ketones (excluding diaryl/α,β-unsaturated/α-hetero) is 1. The van der Waals surface area contributed by atoms with Gasteiger partial charge in [0.25, 0.3) is 0 Å². The number of halogens is 1. The predicted molar refractivity (Wildman–Crippen MR) is 90.5 cm³/mol. The lowest BCUT2D eigenvalue weighted by molar-refractivity contribution is -0.116. The van der Waals surface area contributed by atoms with Gasteiger partial charge in [0, 0.05) is 17.2 Å². The predicted octanol–water partition coefficient (Wildman–Crippen LogP) is 3.66. The van der Waals surface area contributed by atoms with Crippen LogP contribution in [-0.2, 0) is 17.1 Å². The van der Waals surface area contributed by atoms with Crippen molar-refractivity contribution < 1.29 is 4.79 Å². The number of hydrogen-bond acceptors (Lipinski definition) is 5. The Bertz CT molecular complexity index is 797. The number of ketones is 1. The van der Waals surface area contributed by atoms with Gasteiger partial charge in [-0.15, -0.1) is 5.10 Å². The third kappa shape index (κ3) is 3.01. The standard InChI is InChI=1S/C16H15ClN4OS/c17-12-6-4-10(5-7-12)9-23-16-19-15-18-14-11(8-21(15)20-16)2-1-3-13(14)22/h4-7H,1-3,8-9H2,(H,18,19,20). The zero-order chi connectivity index (χ0) is 15.8. The smallest absolute Gasteiger partial charge is 0.227 e. The fourth-order valence-electron chi connectivity index (χ4n) is 2.83. The molecule has 1 aromatic heterocycles. The third-order valence-electron chi connectivity index (χ3n) is 4.03. The molecule has 0 bridgehead atoms. The summed E-state index contributed by atoms with van der Waals surface area (Å²) in [6.45, 7) is 0.665. The van der Waals surface area contributed by atoms with E-state index in [0.29, 0.717) is 18.9 Å². The van der Waals surface area contributed by atoms with Gasteiger partial charge in [0.2, 0.25) is 11.1 Å². The lowest BCUT2D eigenvalue weighted by Crippen LogP contribution is -2.26. The molecule has 2 heterocycles. The Morgan fingerprint density at radius 1 is 1.26 bits per heavy atom. The third-order valence-corrected chi connectivity index (χ3v) is 5.19. The number of nitrogens with one attached hydrogen (secondary N) is 1. The Kier molecular flexibility index (Phi) is 3.87. The van der Waals surface area contributed by atoms with Crippen LogP contribution in [0.3, 0.4) is 0 Å². The summed E-state index contributed by atoms with van der Waals surface area (Å²) in [6.07, 6.45) is 2.51. The monoisotopic (exact) mass is 346 g/mol. The summed E-state index contributed by atoms with van der Waals surface area (Å²) in [5, 5.41) is 9.15. The van der Waals surface area contributed by atoms with Crippen molar-refractivity contribution in [1.82, 2.24) is 14.8 Å². The molecule has 1 N–H and O–H groups in total. The second-order valence-corrected chi connectivity index (χ2v) is 7.05. The first-order chi connectivity index (χ1) is 11.2. The van der Waals surface area contributed by atoms with Gasteiger partial charge in [0.05, 0.1) is 12.2 Å². The minimum atomic E-state index is 0.191. The topological polar surface area (TPSA) is 59.8 Å². The molecule has 0 amide bonds. The largest absolute Gasteiger partial charge is 0.321 e. The number of thioether (sulfide) groups is 1. The molecule has 2 aromatic rings. The van der Waals surface area contributed by atoms with Gasteiger partial charge < -0.3 is 5.32 Å². The quantitative estimate of drug-likeness (QED) is 0.859. The molecule has 7 heteroatoms. The van der Waals surface area contributed by atoms with Crippen molar-refractivity contribution >= 4 is 35.1 Å². The number of anilines is 1. The van der Waals surface area contributed by atoms with E-state index in [-0.39, 0.29) is 5.78 Å². The molecule has 0 saturated heterocycles. The zero-order valence-corrected chi connectivity index (χ0v) is 14.0. The van der Waals surface area contributed by atoms with Crippen molar-refractivity contribution in [2.24, 2.45) is 0 Å². The molecule has 0 saturated carbocycles. The molecule has 0 spiro atoms. The van der Waals surface area contributed by atoms with E-state index < -0.39 is 0 Å². The van der Waals surface area contributed by atoms with Crippen LogP contribution in [0.5, 0.6) is 0 Å². The number of benzene rings is 1. The summed E-state index contributed by atoms with van der Waals surface area (Å²) < 4.78 is 1.85. The SMILES string of the molecule is O=C1CCCC2=C1Nc1nc(SCc3ccc(Cl)cc3)nn1C2. The molecule has 23 heavy (non-hydrogen) atoms. The lowest BCUT2D eigenvalue weighted by atomic mass is 9.94. The lowest BCUT2D eigenvalue weighted by Gasteiger charge is -2.24. The van der Waals surface area contributed by atoms with Crippen LogP contribution in [0.2, 0.25) is 5.02 Å². The van der Waals surface area contributed by atoms with Crippen LogP contribution in [0.15, 0.2) is 40.7 Å². The van der Waals surface area contributed by atoms with Gasteiger partial charge in [0.15, 0.2) is 5.78 Å². The molecule has 1 aromatic carbocycles. The normalized spacial score (nSPS) is 16.8. The summed E-state index contributed by atoms with van der Waals surface area (Å²) in [5.41, 5.74) is 3.06. The van der Waals surface area contributed by atoms with Crippen LogP contribution >= 0.6 is 23.4 Å². The van der Waals surface area contributed by atoms with Crippen molar-refractivity contribution in [3.63, 3.8) is 0 Å². The highest BCUT2D eigenvalue weighted by atomic mass is 35.5. The molecular formula is C16H15ClN4OS. The Morgan fingerprint density at radius 2 is 2.09 bits per heavy atom. The van der Waals surface area contributed by atoms with Crippen molar-refractivity contribution in [1.29, 1.82) is 0 Å². The summed E-state index contributed by atoms with van der Waals surface area (Å²) in [6, 6.07) is 7.77. The first-order valence-electron chi connectivity index (χ1n) is 7.53. The van der Waals surface area contributed by atoms with Crippen molar-refractivity contribution in [3.8, 4) is 0 Å². The highest BCUT2D eigenvalue weighted by molar-refractivity contribution is 7.98. The van der Waals surface area contributed by atoms with Crippen LogP contribution in [0, 0.1) is 0 Å². The van der Waals surface area contributed by atoms with E-state index in [1.165, 1.54) is 5.56 Å². The fourth-order valence-corrected chi connectivity index (χ4v) is 3.75. The molecule has 1 aliphatic heterocycles. The number of rotatable bonds is 3. The van der Waals surface area contributed by atoms with Crippen molar-refractivity contribution in [2.45, 2.75) is 36.7 Å². The molecule has 118 valence electrons. The second kappa shape index (κ2) is 6.02. The zero-order valence-electron chi connectivity index (χ0n) is 12.4. The Labute approximate surface area is 143 Å². The summed E-state index contributed by atoms with van der Waals surface area (Å²) in [5.74, 6) is 1.64. The number of carbonyl (C=O) groups is 1. The molecule has 1 aliphatic carbocycles. The number of fused-ring (bicyclic) bond motifs is 1. The molecule has 0 atom stereocenters. The van der Waals surface area contributed by atoms with E-state index in [1.54, 1.807) is 11.8 Å². The highest BCUT2D eigenvalue weighted by Crippen LogP contribution is 2.30. The van der Waals surface area contributed by atoms with Crippen LogP contribution in [0.25, 0.3) is 0 Å². The number of allylic oxidation sites excluding steroid dienone is 2. The average molecular weight is 347 g/mol. The van der Waals surface area contributed by atoms with E-state index >= 15 is 0 Å². The first-order valence-corrected chi connectivity index (χ1v) is 8.90. The van der Waals surface area contributed by atoms with E-state index in [0.717, 1.165) is 40.0 Å². The maximum Gasteiger partial charge on any atom is 0.227 e. The van der Waals surface area contributed by atoms with Crippen molar-refractivity contribution in [2.75, 3.05) is 5.32 Å². The molecule has 0 radical (unpaired) electrons. The van der Waals surface area contributed by atoms with E-state index in [1.807, 2.05) is 28.9 Å². The highest BCUT2D eigenvalue weighted by Gasteiger charge is 2.27. The van der Waals surface area contributed by atoms with Crippen LogP contribution in [0.1, 0.15) is 24.8 Å². The minimum absolute atomic E-state index is 0.191. The van der Waals surface area contributed by atoms with Gasteiger partial charge in [-0.25, -0.2) is 4.68 Å². The number of hydrogen-bond donors (Lipinski definition) is 1. The first kappa shape index (κ1) is 14.8. The maximum atomic E-state index is 12.0. The molecule has 0 unspecified atom stereocenters. The van der Waals surface area contributed by atoms with E-state index in [9.17, 15) is 4.79 Å². The van der Waals surface area contributed by atoms with Crippen LogP contribution < -0.4 is 5.32 Å². The fraction of sp³-hybridized carbons (Fsp3) is 0.312. The maximum absolute atomic E-state index is 12.0. The Morgan fingerprint density at radius 3 is 2.91 bits per heavy atom. The molecule has 4 rings (SSSR count). The summed E-state index contributed by atoms with van der Waals surface area (Å²) in [4.78, 5) is 16.5. The van der Waals surface area contributed by atoms with Crippen molar-refractivity contribution in [3.05, 3.63) is 46.1 Å². The van der Waals surface area contributed by atoms with Gasteiger partial charge in [-0.3, -0.25) is 4.79 Å². The minimum Gasteiger partial charge on any atom is -0.321 e. The Balaban J connectivity index is 1.47.